The van der Waals surface area contributed by atoms with E-state index in [0.29, 0.717) is 25.1 Å². The number of carbonyl (C=O) groups excluding carboxylic acids is 2. The summed E-state index contributed by atoms with van der Waals surface area (Å²) in [6.07, 6.45) is 1.99. The summed E-state index contributed by atoms with van der Waals surface area (Å²) in [6, 6.07) is 7.43. The van der Waals surface area contributed by atoms with Crippen molar-refractivity contribution in [3.63, 3.8) is 0 Å². The van der Waals surface area contributed by atoms with Gasteiger partial charge in [0.05, 0.1) is 5.75 Å². The maximum Gasteiger partial charge on any atom is 0.225 e. The molecule has 0 aliphatic heterocycles. The van der Waals surface area contributed by atoms with E-state index in [1.165, 1.54) is 23.1 Å². The number of aryl methyl sites for hydroxylation is 1. The highest BCUT2D eigenvalue weighted by Crippen LogP contribution is 2.36. The fourth-order valence-corrected chi connectivity index (χ4v) is 5.91. The molecule has 31 heavy (non-hydrogen) atoms. The van der Waals surface area contributed by atoms with Crippen molar-refractivity contribution in [2.24, 2.45) is 0 Å². The fourth-order valence-electron chi connectivity index (χ4n) is 3.55. The van der Waals surface area contributed by atoms with Gasteiger partial charge in [0.1, 0.15) is 0 Å². The molecule has 0 saturated heterocycles. The second kappa shape index (κ2) is 8.94. The van der Waals surface area contributed by atoms with Crippen LogP contribution < -0.4 is 4.90 Å². The molecule has 1 aromatic carbocycles. The first-order valence-corrected chi connectivity index (χ1v) is 12.2. The molecule has 0 unspecified atom stereocenters. The first-order valence-electron chi connectivity index (χ1n) is 9.69. The third-order valence-electron chi connectivity index (χ3n) is 5.02. The monoisotopic (exact) mass is 494 g/mol. The molecule has 2 heterocycles. The number of hydrogen-bond donors (Lipinski definition) is 0. The highest BCUT2D eigenvalue weighted by molar-refractivity contribution is 8.01. The Morgan fingerprint density at radius 1 is 1.16 bits per heavy atom. The van der Waals surface area contributed by atoms with E-state index in [2.05, 4.69) is 10.2 Å². The van der Waals surface area contributed by atoms with Crippen LogP contribution in [0.15, 0.2) is 28.6 Å². The number of rotatable bonds is 7. The van der Waals surface area contributed by atoms with Crippen LogP contribution in [0.3, 0.4) is 0 Å². The summed E-state index contributed by atoms with van der Waals surface area (Å²) in [4.78, 5) is 26.5. The number of amides is 1. The Bertz CT molecular complexity index is 1150. The minimum Gasteiger partial charge on any atom is -0.318 e. The van der Waals surface area contributed by atoms with Gasteiger partial charge in [-0.25, -0.2) is 0 Å². The van der Waals surface area contributed by atoms with Crippen molar-refractivity contribution >= 4 is 63.1 Å². The number of halogens is 2. The van der Waals surface area contributed by atoms with Gasteiger partial charge < -0.3 is 4.57 Å². The van der Waals surface area contributed by atoms with E-state index in [-0.39, 0.29) is 23.5 Å². The zero-order valence-electron chi connectivity index (χ0n) is 17.2. The van der Waals surface area contributed by atoms with Crippen molar-refractivity contribution in [2.75, 3.05) is 10.7 Å². The summed E-state index contributed by atoms with van der Waals surface area (Å²) in [5.74, 6) is 0.207. The van der Waals surface area contributed by atoms with E-state index >= 15 is 0 Å². The number of hydrogen-bond acceptors (Lipinski definition) is 6. The van der Waals surface area contributed by atoms with Crippen LogP contribution in [0.1, 0.15) is 41.5 Å². The number of nitrogens with zero attached hydrogens (tertiary/aromatic N) is 4. The average Bonchev–Trinajstić information content (AvgIpc) is 3.31. The van der Waals surface area contributed by atoms with Gasteiger partial charge in [-0.3, -0.25) is 14.5 Å². The van der Waals surface area contributed by atoms with Gasteiger partial charge in [-0.2, -0.15) is 0 Å². The van der Waals surface area contributed by atoms with Gasteiger partial charge in [0.15, 0.2) is 10.1 Å². The van der Waals surface area contributed by atoms with Gasteiger partial charge in [-0.05, 0) is 51.0 Å². The third kappa shape index (κ3) is 4.82. The molecule has 10 heteroatoms. The lowest BCUT2D eigenvalue weighted by molar-refractivity contribution is -0.116. The smallest absolute Gasteiger partial charge is 0.225 e. The van der Waals surface area contributed by atoms with Crippen LogP contribution in [0.4, 0.5) is 5.13 Å². The Morgan fingerprint density at radius 3 is 2.45 bits per heavy atom. The number of Topliss-reactive ketones (excluding diaryl/α,β-unsaturated/α-hetero) is 1. The van der Waals surface area contributed by atoms with E-state index in [1.54, 1.807) is 17.9 Å². The van der Waals surface area contributed by atoms with Crippen LogP contribution in [0.2, 0.25) is 10.0 Å². The molecule has 0 bridgehead atoms. The van der Waals surface area contributed by atoms with Crippen LogP contribution in [0.25, 0.3) is 5.69 Å². The van der Waals surface area contributed by atoms with Gasteiger partial charge in [-0.1, -0.05) is 46.3 Å². The predicted octanol–water partition coefficient (Wildman–Crippen LogP) is 5.74. The van der Waals surface area contributed by atoms with Crippen LogP contribution in [0.5, 0.6) is 0 Å². The SMILES string of the molecule is CC(=O)N(c1nnc(SCC(=O)c2cc(C)n(-c3cc(Cl)cc(Cl)c3)c2C)s1)C1CC1. The van der Waals surface area contributed by atoms with Gasteiger partial charge >= 0.3 is 0 Å². The fraction of sp³-hybridized carbons (Fsp3) is 0.333. The summed E-state index contributed by atoms with van der Waals surface area (Å²) in [6.45, 7) is 5.39. The summed E-state index contributed by atoms with van der Waals surface area (Å²) in [5.41, 5.74) is 3.21. The topological polar surface area (TPSA) is 68.1 Å². The number of ketones is 1. The number of thioether (sulfide) groups is 1. The highest BCUT2D eigenvalue weighted by atomic mass is 35.5. The van der Waals surface area contributed by atoms with Crippen molar-refractivity contribution in [3.8, 4) is 5.69 Å². The Labute approximate surface area is 198 Å². The molecule has 4 rings (SSSR count). The molecule has 0 N–H and O–H groups in total. The number of anilines is 1. The molecular weight excluding hydrogens is 475 g/mol. The zero-order chi connectivity index (χ0) is 22.3. The number of aromatic nitrogens is 3. The predicted molar refractivity (Wildman–Crippen MR) is 126 cm³/mol. The van der Waals surface area contributed by atoms with E-state index < -0.39 is 0 Å². The van der Waals surface area contributed by atoms with E-state index in [0.717, 1.165) is 29.9 Å². The molecule has 6 nitrogen and oxygen atoms in total. The summed E-state index contributed by atoms with van der Waals surface area (Å²) in [7, 11) is 0. The minimum atomic E-state index is -0.0279. The molecule has 162 valence electrons. The van der Waals surface area contributed by atoms with E-state index in [4.69, 9.17) is 23.2 Å². The van der Waals surface area contributed by atoms with Crippen LogP contribution in [-0.4, -0.2) is 38.2 Å². The lowest BCUT2D eigenvalue weighted by Gasteiger charge is -2.15. The lowest BCUT2D eigenvalue weighted by Crippen LogP contribution is -2.30. The molecule has 0 atom stereocenters. The third-order valence-corrected chi connectivity index (χ3v) is 7.51. The van der Waals surface area contributed by atoms with Crippen molar-refractivity contribution < 1.29 is 9.59 Å². The van der Waals surface area contributed by atoms with Crippen molar-refractivity contribution in [3.05, 3.63) is 51.3 Å². The van der Waals surface area contributed by atoms with Gasteiger partial charge in [0, 0.05) is 45.6 Å². The molecule has 1 aliphatic carbocycles. The average molecular weight is 495 g/mol. The quantitative estimate of drug-likeness (QED) is 0.238. The highest BCUT2D eigenvalue weighted by Gasteiger charge is 2.34. The maximum absolute atomic E-state index is 12.9. The first kappa shape index (κ1) is 22.3. The van der Waals surface area contributed by atoms with Crippen molar-refractivity contribution in [1.82, 2.24) is 14.8 Å². The van der Waals surface area contributed by atoms with Gasteiger partial charge in [0.2, 0.25) is 11.0 Å². The van der Waals surface area contributed by atoms with E-state index in [9.17, 15) is 9.59 Å². The molecule has 1 saturated carbocycles. The van der Waals surface area contributed by atoms with E-state index in [1.807, 2.05) is 36.6 Å². The normalized spacial score (nSPS) is 13.5. The van der Waals surface area contributed by atoms with Crippen molar-refractivity contribution in [1.29, 1.82) is 0 Å². The second-order valence-electron chi connectivity index (χ2n) is 7.43. The van der Waals surface area contributed by atoms with Crippen LogP contribution in [-0.2, 0) is 4.79 Å². The summed E-state index contributed by atoms with van der Waals surface area (Å²) in [5, 5.41) is 9.99. The van der Waals surface area contributed by atoms with Crippen LogP contribution >= 0.6 is 46.3 Å². The lowest BCUT2D eigenvalue weighted by atomic mass is 10.2. The summed E-state index contributed by atoms with van der Waals surface area (Å²) < 4.78 is 2.64. The molecule has 1 fully saturated rings. The van der Waals surface area contributed by atoms with Gasteiger partial charge in [0.25, 0.3) is 0 Å². The number of benzene rings is 1. The Balaban J connectivity index is 1.49. The number of carbonyl (C=O) groups is 2. The largest absolute Gasteiger partial charge is 0.318 e. The minimum absolute atomic E-state index is 0.000146. The summed E-state index contributed by atoms with van der Waals surface area (Å²) >= 11 is 15.0. The second-order valence-corrected chi connectivity index (χ2v) is 10.5. The van der Waals surface area contributed by atoms with Gasteiger partial charge in [-0.15, -0.1) is 10.2 Å². The van der Waals surface area contributed by atoms with Crippen LogP contribution in [0, 0.1) is 13.8 Å². The Kier molecular flexibility index (Phi) is 6.44. The Morgan fingerprint density at radius 2 is 1.84 bits per heavy atom. The molecule has 2 aromatic heterocycles. The maximum atomic E-state index is 12.9. The molecule has 3 aromatic rings. The molecular formula is C21H20Cl2N4O2S2. The first-order chi connectivity index (χ1) is 14.7. The Hall–Kier alpha value is -1.87. The van der Waals surface area contributed by atoms with Crippen molar-refractivity contribution in [2.45, 2.75) is 44.0 Å². The molecule has 1 amide bonds. The molecule has 0 radical (unpaired) electrons. The standard InChI is InChI=1S/C21H20Cl2N4O2S2/c1-11-6-18(12(2)26(11)17-8-14(22)7-15(23)9-17)19(29)10-30-21-25-24-20(31-21)27(13(3)28)16-4-5-16/h6-9,16H,4-5,10H2,1-3H3. The molecule has 1 aliphatic rings. The molecule has 0 spiro atoms. The zero-order valence-corrected chi connectivity index (χ0v) is 20.3.